The van der Waals surface area contributed by atoms with E-state index in [1.807, 2.05) is 121 Å². The van der Waals surface area contributed by atoms with Crippen molar-refractivity contribution in [1.82, 2.24) is 0 Å². The van der Waals surface area contributed by atoms with Crippen LogP contribution in [0.1, 0.15) is 108 Å². The molecule has 1 aliphatic carbocycles. The summed E-state index contributed by atoms with van der Waals surface area (Å²) in [4.78, 5) is 0. The minimum atomic E-state index is -0.277. The molecule has 0 saturated heterocycles. The minimum absolute atomic E-state index is 0.0942. The van der Waals surface area contributed by atoms with E-state index in [0.29, 0.717) is 55.6 Å². The minimum Gasteiger partial charge on any atom is -0.507 e. The van der Waals surface area contributed by atoms with Crippen molar-refractivity contribution in [2.75, 3.05) is 0 Å². The van der Waals surface area contributed by atoms with Gasteiger partial charge in [-0.15, -0.1) is 0 Å². The van der Waals surface area contributed by atoms with E-state index in [1.54, 1.807) is 0 Å². The van der Waals surface area contributed by atoms with Crippen molar-refractivity contribution in [1.29, 1.82) is 0 Å². The maximum atomic E-state index is 12.3. The zero-order valence-corrected chi connectivity index (χ0v) is 37.3. The molecule has 8 rings (SSSR count). The molecule has 310 valence electrons. The number of fused-ring (bicyclic) bond motifs is 10. The summed E-state index contributed by atoms with van der Waals surface area (Å²) in [6.07, 6.45) is 1.20. The molecule has 0 amide bonds. The van der Waals surface area contributed by atoms with E-state index in [4.69, 9.17) is 0 Å². The molecular weight excluding hydrogens is 821 g/mol. The number of benzene rings is 7. The summed E-state index contributed by atoms with van der Waals surface area (Å²) < 4.78 is 0.765. The summed E-state index contributed by atoms with van der Waals surface area (Å²) in [7, 11) is 0. The first kappa shape index (κ1) is 41.7. The van der Waals surface area contributed by atoms with Crippen LogP contribution in [-0.2, 0) is 42.9 Å². The quantitative estimate of drug-likeness (QED) is 0.119. The first-order valence-electron chi connectivity index (χ1n) is 20.9. The van der Waals surface area contributed by atoms with Gasteiger partial charge in [-0.2, -0.15) is 0 Å². The second kappa shape index (κ2) is 16.1. The third kappa shape index (κ3) is 8.65. The Morgan fingerprint density at radius 1 is 0.328 bits per heavy atom. The molecule has 0 unspecified atom stereocenters. The Morgan fingerprint density at radius 3 is 0.803 bits per heavy atom. The average Bonchev–Trinajstić information content (AvgIpc) is 3.21. The highest BCUT2D eigenvalue weighted by atomic mass is 79.9. The van der Waals surface area contributed by atoms with Gasteiger partial charge in [0, 0.05) is 36.6 Å². The van der Waals surface area contributed by atoms with E-state index in [2.05, 4.69) is 57.5 Å². The van der Waals surface area contributed by atoms with Gasteiger partial charge in [-0.3, -0.25) is 0 Å². The Labute approximate surface area is 367 Å². The van der Waals surface area contributed by atoms with Gasteiger partial charge in [0.05, 0.1) is 0 Å². The van der Waals surface area contributed by atoms with Crippen molar-refractivity contribution in [3.8, 4) is 51.0 Å². The van der Waals surface area contributed by atoms with E-state index in [9.17, 15) is 25.5 Å². The van der Waals surface area contributed by atoms with Gasteiger partial charge < -0.3 is 25.5 Å². The number of rotatable bonds is 2. The fraction of sp³-hybridized carbons (Fsp3) is 0.236. The lowest BCUT2D eigenvalue weighted by Crippen LogP contribution is -2.13. The van der Waals surface area contributed by atoms with Crippen LogP contribution in [0.3, 0.4) is 0 Å². The number of halogens is 1. The SMILES string of the molecule is CC(C)(C)c1cc2c(O)c(c1)Cc1cc(-c3ccccc3)cc(c1O)Cc1cc(-c3ccccc3)cc(c1O)Cc1cc(C(C)(C)C)cc(c1O)Cc1cc(Br)cc(c1O)C2. The van der Waals surface area contributed by atoms with Gasteiger partial charge >= 0.3 is 0 Å². The Kier molecular flexibility index (Phi) is 11.0. The topological polar surface area (TPSA) is 101 Å². The van der Waals surface area contributed by atoms with Crippen LogP contribution in [-0.4, -0.2) is 25.5 Å². The van der Waals surface area contributed by atoms with Crippen molar-refractivity contribution >= 4 is 15.9 Å². The summed E-state index contributed by atoms with van der Waals surface area (Å²) in [5, 5.41) is 60.9. The van der Waals surface area contributed by atoms with Crippen LogP contribution in [0.15, 0.2) is 126 Å². The van der Waals surface area contributed by atoms with E-state index >= 15 is 0 Å². The first-order valence-corrected chi connectivity index (χ1v) is 21.7. The Balaban J connectivity index is 1.43. The molecule has 1 aliphatic rings. The summed E-state index contributed by atoms with van der Waals surface area (Å²) in [6, 6.07) is 39.8. The third-order valence-corrected chi connectivity index (χ3v) is 12.6. The molecule has 0 saturated carbocycles. The normalized spacial score (nSPS) is 13.2. The summed E-state index contributed by atoms with van der Waals surface area (Å²) >= 11 is 3.71. The van der Waals surface area contributed by atoms with Crippen LogP contribution in [0.2, 0.25) is 0 Å². The molecule has 0 atom stereocenters. The third-order valence-electron chi connectivity index (χ3n) is 12.2. The van der Waals surface area contributed by atoms with E-state index < -0.39 is 0 Å². The molecule has 0 aromatic heterocycles. The second-order valence-electron chi connectivity index (χ2n) is 18.8. The predicted molar refractivity (Wildman–Crippen MR) is 251 cm³/mol. The van der Waals surface area contributed by atoms with Crippen LogP contribution < -0.4 is 0 Å². The molecule has 0 heterocycles. The molecule has 0 radical (unpaired) electrons. The molecule has 0 aliphatic heterocycles. The smallest absolute Gasteiger partial charge is 0.122 e. The Bertz CT molecular complexity index is 2610. The van der Waals surface area contributed by atoms with Gasteiger partial charge in [0.1, 0.15) is 28.7 Å². The fourth-order valence-electron chi connectivity index (χ4n) is 8.59. The Hall–Kier alpha value is -5.98. The predicted octanol–water partition coefficient (Wildman–Crippen LogP) is 13.2. The van der Waals surface area contributed by atoms with Gasteiger partial charge in [0.2, 0.25) is 0 Å². The van der Waals surface area contributed by atoms with Crippen molar-refractivity contribution in [2.24, 2.45) is 0 Å². The van der Waals surface area contributed by atoms with E-state index in [-0.39, 0.29) is 71.7 Å². The zero-order valence-electron chi connectivity index (χ0n) is 35.7. The van der Waals surface area contributed by atoms with Crippen molar-refractivity contribution in [2.45, 2.75) is 84.5 Å². The van der Waals surface area contributed by atoms with Crippen molar-refractivity contribution in [3.63, 3.8) is 0 Å². The Morgan fingerprint density at radius 2 is 0.557 bits per heavy atom. The van der Waals surface area contributed by atoms with Crippen molar-refractivity contribution < 1.29 is 25.5 Å². The number of phenols is 5. The maximum Gasteiger partial charge on any atom is 0.122 e. The summed E-state index contributed by atoms with van der Waals surface area (Å²) in [5.41, 5.74) is 11.7. The molecule has 0 spiro atoms. The number of phenolic OH excluding ortho intramolecular Hbond substituents is 5. The molecule has 10 bridgehead atoms. The van der Waals surface area contributed by atoms with Crippen LogP contribution in [0.25, 0.3) is 22.3 Å². The molecule has 7 aromatic rings. The van der Waals surface area contributed by atoms with Gasteiger partial charge in [0.15, 0.2) is 0 Å². The van der Waals surface area contributed by atoms with E-state index in [0.717, 1.165) is 37.9 Å². The molecule has 5 nitrogen and oxygen atoms in total. The molecule has 0 fully saturated rings. The van der Waals surface area contributed by atoms with Gasteiger partial charge in [-0.05, 0) is 136 Å². The molecule has 5 N–H and O–H groups in total. The fourth-order valence-corrected chi connectivity index (χ4v) is 9.14. The largest absolute Gasteiger partial charge is 0.507 e. The van der Waals surface area contributed by atoms with Gasteiger partial charge in [0.25, 0.3) is 0 Å². The lowest BCUT2D eigenvalue weighted by molar-refractivity contribution is 0.450. The van der Waals surface area contributed by atoms with Gasteiger partial charge in [-0.25, -0.2) is 0 Å². The van der Waals surface area contributed by atoms with Crippen LogP contribution in [0.5, 0.6) is 28.7 Å². The lowest BCUT2D eigenvalue weighted by Gasteiger charge is -2.24. The molecule has 7 aromatic carbocycles. The second-order valence-corrected chi connectivity index (χ2v) is 19.7. The monoisotopic (exact) mass is 872 g/mol. The summed E-state index contributed by atoms with van der Waals surface area (Å²) in [6.45, 7) is 12.8. The van der Waals surface area contributed by atoms with Crippen molar-refractivity contribution in [3.05, 3.63) is 193 Å². The highest BCUT2D eigenvalue weighted by Crippen LogP contribution is 2.43. The van der Waals surface area contributed by atoms with Crippen LogP contribution in [0, 0.1) is 0 Å². The summed E-state index contributed by atoms with van der Waals surface area (Å²) in [5.74, 6) is 0.491. The highest BCUT2D eigenvalue weighted by molar-refractivity contribution is 9.10. The number of aromatic hydroxyl groups is 5. The average molecular weight is 874 g/mol. The van der Waals surface area contributed by atoms with Crippen LogP contribution >= 0.6 is 15.9 Å². The highest BCUT2D eigenvalue weighted by Gasteiger charge is 2.26. The van der Waals surface area contributed by atoms with Gasteiger partial charge in [-0.1, -0.05) is 142 Å². The lowest BCUT2D eigenvalue weighted by atomic mass is 9.82. The maximum absolute atomic E-state index is 12.3. The van der Waals surface area contributed by atoms with Crippen LogP contribution in [0.4, 0.5) is 0 Å². The van der Waals surface area contributed by atoms with E-state index in [1.165, 1.54) is 0 Å². The zero-order chi connectivity index (χ0) is 43.4. The standard InChI is InChI=1S/C55H53BrO5/c1-54(2,3)46-26-40-22-38-19-34(32-13-9-7-10-14-32)17-36(49(38)57)21-37-18-35(33-15-11-8-12-16-33)20-39(50(37)58)23-41-27-47(55(4,5)6)29-43(52(41)60)25-45-31-48(56)30-44(53(45)61)24-42(28-46)51(40)59/h7-20,26-31,57-61H,21-25H2,1-6H3. The molecule has 6 heteroatoms. The molecule has 61 heavy (non-hydrogen) atoms. The number of hydrogen-bond donors (Lipinski definition) is 5. The number of hydrogen-bond acceptors (Lipinski definition) is 5. The molecular formula is C55H53BrO5. The first-order chi connectivity index (χ1) is 28.9.